The SMILES string of the molecule is CCOC(=O)CCC(COS(=O)(=O)c1ccc(C)cc1)CC1COC(C)(C)N1C(=O)OC(C)(C)C. The summed E-state index contributed by atoms with van der Waals surface area (Å²) >= 11 is 0. The quantitative estimate of drug-likeness (QED) is 0.334. The van der Waals surface area contributed by atoms with Crippen molar-refractivity contribution in [1.82, 2.24) is 4.90 Å². The van der Waals surface area contributed by atoms with Crippen LogP contribution >= 0.6 is 0 Å². The molecule has 1 heterocycles. The molecule has 2 unspecified atom stereocenters. The van der Waals surface area contributed by atoms with E-state index in [0.29, 0.717) is 12.8 Å². The van der Waals surface area contributed by atoms with Crippen LogP contribution in [-0.4, -0.2) is 62.6 Å². The summed E-state index contributed by atoms with van der Waals surface area (Å²) in [6.45, 7) is 12.9. The summed E-state index contributed by atoms with van der Waals surface area (Å²) in [4.78, 5) is 26.6. The van der Waals surface area contributed by atoms with Crippen LogP contribution in [0.2, 0.25) is 0 Å². The maximum absolute atomic E-state index is 13.0. The number of hydrogen-bond acceptors (Lipinski definition) is 8. The van der Waals surface area contributed by atoms with Crippen molar-refractivity contribution in [2.45, 2.75) is 90.0 Å². The molecule has 1 amide bonds. The third-order valence-electron chi connectivity index (χ3n) is 5.60. The molecular weight excluding hydrogens is 474 g/mol. The van der Waals surface area contributed by atoms with Crippen molar-refractivity contribution in [2.24, 2.45) is 5.92 Å². The number of rotatable bonds is 10. The fourth-order valence-electron chi connectivity index (χ4n) is 3.91. The lowest BCUT2D eigenvalue weighted by atomic mass is 9.95. The van der Waals surface area contributed by atoms with Gasteiger partial charge in [-0.05, 0) is 79.4 Å². The summed E-state index contributed by atoms with van der Waals surface area (Å²) in [6.07, 6.45) is 0.296. The summed E-state index contributed by atoms with van der Waals surface area (Å²) in [5.41, 5.74) is -0.648. The molecule has 0 radical (unpaired) electrons. The van der Waals surface area contributed by atoms with Gasteiger partial charge in [-0.3, -0.25) is 13.9 Å². The van der Waals surface area contributed by atoms with Crippen molar-refractivity contribution >= 4 is 22.2 Å². The van der Waals surface area contributed by atoms with E-state index in [0.717, 1.165) is 5.56 Å². The molecule has 1 aromatic carbocycles. The van der Waals surface area contributed by atoms with Crippen LogP contribution in [0.15, 0.2) is 29.2 Å². The van der Waals surface area contributed by atoms with Gasteiger partial charge in [0.2, 0.25) is 0 Å². The molecule has 2 atom stereocenters. The molecule has 0 aliphatic carbocycles. The zero-order valence-corrected chi connectivity index (χ0v) is 22.6. The van der Waals surface area contributed by atoms with E-state index in [9.17, 15) is 18.0 Å². The number of esters is 1. The van der Waals surface area contributed by atoms with Crippen molar-refractivity contribution in [2.75, 3.05) is 19.8 Å². The first kappa shape index (κ1) is 29.1. The number of benzene rings is 1. The summed E-state index contributed by atoms with van der Waals surface area (Å²) in [5.74, 6) is -0.724. The summed E-state index contributed by atoms with van der Waals surface area (Å²) in [7, 11) is -3.98. The number of aryl methyl sites for hydroxylation is 1. The molecular formula is C25H39NO8S. The highest BCUT2D eigenvalue weighted by molar-refractivity contribution is 7.86. The maximum atomic E-state index is 13.0. The molecule has 10 heteroatoms. The van der Waals surface area contributed by atoms with Crippen molar-refractivity contribution < 1.29 is 36.4 Å². The van der Waals surface area contributed by atoms with E-state index in [1.165, 1.54) is 12.1 Å². The minimum absolute atomic E-state index is 0.0629. The maximum Gasteiger partial charge on any atom is 0.412 e. The molecule has 1 saturated heterocycles. The van der Waals surface area contributed by atoms with Crippen molar-refractivity contribution in [3.8, 4) is 0 Å². The predicted molar refractivity (Wildman–Crippen MR) is 130 cm³/mol. The van der Waals surface area contributed by atoms with E-state index in [2.05, 4.69) is 0 Å². The van der Waals surface area contributed by atoms with Crippen molar-refractivity contribution in [1.29, 1.82) is 0 Å². The number of carbonyl (C=O) groups excluding carboxylic acids is 2. The molecule has 1 aliphatic rings. The van der Waals surface area contributed by atoms with Gasteiger partial charge in [-0.1, -0.05) is 17.7 Å². The zero-order valence-electron chi connectivity index (χ0n) is 21.8. The van der Waals surface area contributed by atoms with Crippen LogP contribution in [0.4, 0.5) is 4.79 Å². The van der Waals surface area contributed by atoms with E-state index < -0.39 is 27.5 Å². The summed E-state index contributed by atoms with van der Waals surface area (Å²) in [6, 6.07) is 6.01. The molecule has 0 saturated carbocycles. The van der Waals surface area contributed by atoms with Crippen LogP contribution in [0.1, 0.15) is 66.4 Å². The van der Waals surface area contributed by atoms with Gasteiger partial charge >= 0.3 is 12.1 Å². The standard InChI is InChI=1S/C25H39NO8S/c1-8-31-22(27)14-11-19(16-33-35(29,30)21-12-9-18(2)10-13-21)15-20-17-32-25(6,7)26(20)23(28)34-24(3,4)5/h9-10,12-13,19-20H,8,11,14-17H2,1-7H3. The third kappa shape index (κ3) is 8.77. The minimum Gasteiger partial charge on any atom is -0.466 e. The van der Waals surface area contributed by atoms with Gasteiger partial charge in [-0.15, -0.1) is 0 Å². The third-order valence-corrected chi connectivity index (χ3v) is 6.90. The molecule has 0 N–H and O–H groups in total. The normalized spacial score (nSPS) is 18.8. The monoisotopic (exact) mass is 513 g/mol. The van der Waals surface area contributed by atoms with Crippen molar-refractivity contribution in [3.05, 3.63) is 29.8 Å². The number of nitrogens with zero attached hydrogens (tertiary/aromatic N) is 1. The molecule has 0 bridgehead atoms. The summed E-state index contributed by atoms with van der Waals surface area (Å²) < 4.78 is 47.3. The van der Waals surface area contributed by atoms with Crippen LogP contribution in [0, 0.1) is 12.8 Å². The Bertz CT molecular complexity index is 966. The Hall–Kier alpha value is -2.17. The Kier molecular flexibility index (Phi) is 9.72. The fraction of sp³-hybridized carbons (Fsp3) is 0.680. The van der Waals surface area contributed by atoms with Gasteiger partial charge < -0.3 is 14.2 Å². The Morgan fingerprint density at radius 3 is 2.40 bits per heavy atom. The fourth-order valence-corrected chi connectivity index (χ4v) is 4.88. The molecule has 35 heavy (non-hydrogen) atoms. The first-order valence-corrected chi connectivity index (χ1v) is 13.3. The van der Waals surface area contributed by atoms with Crippen molar-refractivity contribution in [3.63, 3.8) is 0 Å². The highest BCUT2D eigenvalue weighted by atomic mass is 32.2. The molecule has 2 rings (SSSR count). The Labute approximate surface area is 209 Å². The first-order valence-electron chi connectivity index (χ1n) is 11.9. The number of ether oxygens (including phenoxy) is 3. The van der Waals surface area contributed by atoms with Crippen LogP contribution in [0.3, 0.4) is 0 Å². The lowest BCUT2D eigenvalue weighted by molar-refractivity contribution is -0.143. The van der Waals surface area contributed by atoms with E-state index in [4.69, 9.17) is 18.4 Å². The second kappa shape index (κ2) is 11.7. The number of hydrogen-bond donors (Lipinski definition) is 0. The zero-order chi connectivity index (χ0) is 26.4. The van der Waals surface area contributed by atoms with E-state index in [1.807, 2.05) is 6.92 Å². The number of amides is 1. The first-order chi connectivity index (χ1) is 16.1. The molecule has 198 valence electrons. The topological polar surface area (TPSA) is 108 Å². The van der Waals surface area contributed by atoms with Gasteiger partial charge in [-0.25, -0.2) is 4.79 Å². The molecule has 9 nitrogen and oxygen atoms in total. The second-order valence-electron chi connectivity index (χ2n) is 10.3. The van der Waals surface area contributed by atoms with E-state index in [-0.39, 0.29) is 49.1 Å². The van der Waals surface area contributed by atoms with Gasteiger partial charge in [0, 0.05) is 6.42 Å². The highest BCUT2D eigenvalue weighted by Crippen LogP contribution is 2.33. The molecule has 0 aromatic heterocycles. The van der Waals surface area contributed by atoms with Gasteiger partial charge in [0.05, 0.1) is 30.8 Å². The molecule has 1 fully saturated rings. The largest absolute Gasteiger partial charge is 0.466 e. The molecule has 1 aromatic rings. The van der Waals surface area contributed by atoms with E-state index in [1.54, 1.807) is 58.6 Å². The lowest BCUT2D eigenvalue weighted by Gasteiger charge is -2.36. The minimum atomic E-state index is -3.98. The van der Waals surface area contributed by atoms with Gasteiger partial charge in [0.1, 0.15) is 11.3 Å². The predicted octanol–water partition coefficient (Wildman–Crippen LogP) is 4.42. The lowest BCUT2D eigenvalue weighted by Crippen LogP contribution is -2.50. The number of carbonyl (C=O) groups is 2. The van der Waals surface area contributed by atoms with E-state index >= 15 is 0 Å². The van der Waals surface area contributed by atoms with Crippen LogP contribution in [0.25, 0.3) is 0 Å². The second-order valence-corrected chi connectivity index (χ2v) is 11.9. The molecule has 1 aliphatic heterocycles. The molecule has 0 spiro atoms. The summed E-state index contributed by atoms with van der Waals surface area (Å²) in [5, 5.41) is 0. The average molecular weight is 514 g/mol. The average Bonchev–Trinajstić information content (AvgIpc) is 3.03. The Morgan fingerprint density at radius 2 is 1.83 bits per heavy atom. The van der Waals surface area contributed by atoms with Crippen LogP contribution < -0.4 is 0 Å². The Morgan fingerprint density at radius 1 is 1.20 bits per heavy atom. The van der Waals surface area contributed by atoms with Crippen LogP contribution in [0.5, 0.6) is 0 Å². The van der Waals surface area contributed by atoms with Gasteiger partial charge in [0.25, 0.3) is 10.1 Å². The smallest absolute Gasteiger partial charge is 0.412 e. The Balaban J connectivity index is 2.18. The highest BCUT2D eigenvalue weighted by Gasteiger charge is 2.46. The van der Waals surface area contributed by atoms with Gasteiger partial charge in [-0.2, -0.15) is 8.42 Å². The van der Waals surface area contributed by atoms with Crippen LogP contribution in [-0.2, 0) is 33.3 Å². The van der Waals surface area contributed by atoms with Gasteiger partial charge in [0.15, 0.2) is 0 Å².